The average molecular weight is 244 g/mol. The minimum Gasteiger partial charge on any atom is -0.275 e. The van der Waals surface area contributed by atoms with Gasteiger partial charge in [0.15, 0.2) is 0 Å². The first-order valence-corrected chi connectivity index (χ1v) is 6.16. The summed E-state index contributed by atoms with van der Waals surface area (Å²) >= 11 is 1.72. The maximum atomic E-state index is 8.57. The van der Waals surface area contributed by atoms with Crippen molar-refractivity contribution >= 4 is 23.2 Å². The average Bonchev–Trinajstić information content (AvgIpc) is 2.38. The minimum atomic E-state index is -0.180. The van der Waals surface area contributed by atoms with E-state index in [0.717, 1.165) is 22.8 Å². The van der Waals surface area contributed by atoms with E-state index in [0.29, 0.717) is 0 Å². The molecular weight excluding hydrogens is 232 g/mol. The van der Waals surface area contributed by atoms with Gasteiger partial charge in [-0.05, 0) is 24.3 Å². The zero-order chi connectivity index (χ0) is 12.5. The molecule has 0 saturated carbocycles. The van der Waals surface area contributed by atoms with Crippen LogP contribution in [0.2, 0.25) is 0 Å². The van der Waals surface area contributed by atoms with Crippen LogP contribution >= 0.6 is 11.8 Å². The number of hydrogen-bond donors (Lipinski definition) is 1. The van der Waals surface area contributed by atoms with Crippen LogP contribution in [0.3, 0.4) is 0 Å². The molecule has 0 heterocycles. The molecular formula is C12H12N4S. The largest absolute Gasteiger partial charge is 0.275 e. The highest BCUT2D eigenvalue weighted by Crippen LogP contribution is 2.27. The molecule has 0 aromatic heterocycles. The molecule has 0 amide bonds. The number of hydrogen-bond acceptors (Lipinski definition) is 5. The predicted octanol–water partition coefficient (Wildman–Crippen LogP) is 3.00. The monoisotopic (exact) mass is 244 g/mol. The predicted molar refractivity (Wildman–Crippen MR) is 69.7 cm³/mol. The fourth-order valence-electron chi connectivity index (χ4n) is 1.09. The first-order valence-electron chi connectivity index (χ1n) is 5.17. The molecule has 0 atom stereocenters. The van der Waals surface area contributed by atoms with Gasteiger partial charge in [0, 0.05) is 4.90 Å². The van der Waals surface area contributed by atoms with E-state index in [1.807, 2.05) is 24.3 Å². The SMILES string of the molecule is CCCSc1ccccc1NN=C(C#N)C#N. The van der Waals surface area contributed by atoms with Gasteiger partial charge in [-0.1, -0.05) is 19.1 Å². The third-order valence-corrected chi connectivity index (χ3v) is 3.13. The Morgan fingerprint density at radius 2 is 2.06 bits per heavy atom. The quantitative estimate of drug-likeness (QED) is 0.491. The van der Waals surface area contributed by atoms with Crippen LogP contribution < -0.4 is 5.43 Å². The van der Waals surface area contributed by atoms with E-state index in [2.05, 4.69) is 17.5 Å². The lowest BCUT2D eigenvalue weighted by Gasteiger charge is -2.06. The number of para-hydroxylation sites is 1. The maximum Gasteiger partial charge on any atom is 0.237 e. The molecule has 0 fully saturated rings. The molecule has 1 aromatic rings. The number of benzene rings is 1. The highest BCUT2D eigenvalue weighted by molar-refractivity contribution is 7.99. The Bertz CT molecular complexity index is 466. The summed E-state index contributed by atoms with van der Waals surface area (Å²) in [5.41, 5.74) is 3.38. The third kappa shape index (κ3) is 4.18. The molecule has 0 radical (unpaired) electrons. The molecule has 0 bridgehead atoms. The summed E-state index contributed by atoms with van der Waals surface area (Å²) < 4.78 is 0. The number of nitrogens with zero attached hydrogens (tertiary/aromatic N) is 3. The number of rotatable bonds is 5. The van der Waals surface area contributed by atoms with Gasteiger partial charge in [-0.25, -0.2) is 0 Å². The van der Waals surface area contributed by atoms with E-state index in [1.54, 1.807) is 23.9 Å². The summed E-state index contributed by atoms with van der Waals surface area (Å²) in [4.78, 5) is 1.06. The van der Waals surface area contributed by atoms with Crippen LogP contribution in [0, 0.1) is 22.7 Å². The summed E-state index contributed by atoms with van der Waals surface area (Å²) in [5.74, 6) is 1.02. The van der Waals surface area contributed by atoms with Crippen molar-refractivity contribution in [1.82, 2.24) is 0 Å². The van der Waals surface area contributed by atoms with Crippen LogP contribution in [0.15, 0.2) is 34.3 Å². The van der Waals surface area contributed by atoms with Crippen molar-refractivity contribution in [2.24, 2.45) is 5.10 Å². The van der Waals surface area contributed by atoms with Gasteiger partial charge < -0.3 is 0 Å². The lowest BCUT2D eigenvalue weighted by atomic mass is 10.3. The molecule has 0 unspecified atom stereocenters. The number of nitrogens with one attached hydrogen (secondary N) is 1. The van der Waals surface area contributed by atoms with Crippen molar-refractivity contribution in [3.63, 3.8) is 0 Å². The first-order chi connectivity index (χ1) is 8.31. The fourth-order valence-corrected chi connectivity index (χ4v) is 1.96. The Kier molecular flexibility index (Phi) is 5.63. The molecule has 4 nitrogen and oxygen atoms in total. The Morgan fingerprint density at radius 1 is 1.35 bits per heavy atom. The zero-order valence-electron chi connectivity index (χ0n) is 9.47. The van der Waals surface area contributed by atoms with Crippen LogP contribution in [0.4, 0.5) is 5.69 Å². The first kappa shape index (κ1) is 13.1. The van der Waals surface area contributed by atoms with Crippen molar-refractivity contribution in [1.29, 1.82) is 10.5 Å². The van der Waals surface area contributed by atoms with Crippen LogP contribution in [-0.2, 0) is 0 Å². The van der Waals surface area contributed by atoms with Crippen molar-refractivity contribution < 1.29 is 0 Å². The van der Waals surface area contributed by atoms with E-state index < -0.39 is 0 Å². The molecule has 86 valence electrons. The standard InChI is InChI=1S/C12H12N4S/c1-2-7-17-12-6-4-3-5-11(12)16-15-10(8-13)9-14/h3-6,16H,2,7H2,1H3. The molecule has 1 N–H and O–H groups in total. The van der Waals surface area contributed by atoms with Gasteiger partial charge in [0.25, 0.3) is 0 Å². The summed E-state index contributed by atoms with van der Waals surface area (Å²) in [6, 6.07) is 11.1. The topological polar surface area (TPSA) is 72.0 Å². The van der Waals surface area contributed by atoms with E-state index in [-0.39, 0.29) is 5.71 Å². The Balaban J connectivity index is 2.81. The van der Waals surface area contributed by atoms with Gasteiger partial charge in [-0.3, -0.25) is 5.43 Å². The second kappa shape index (κ2) is 7.32. The highest BCUT2D eigenvalue weighted by Gasteiger charge is 2.01. The highest BCUT2D eigenvalue weighted by atomic mass is 32.2. The molecule has 0 aliphatic heterocycles. The Labute approximate surface area is 105 Å². The van der Waals surface area contributed by atoms with Crippen molar-refractivity contribution in [2.45, 2.75) is 18.2 Å². The zero-order valence-corrected chi connectivity index (χ0v) is 10.3. The Morgan fingerprint density at radius 3 is 2.71 bits per heavy atom. The summed E-state index contributed by atoms with van der Waals surface area (Å²) in [6.45, 7) is 2.12. The molecule has 1 rings (SSSR count). The van der Waals surface area contributed by atoms with Crippen molar-refractivity contribution in [3.05, 3.63) is 24.3 Å². The van der Waals surface area contributed by atoms with E-state index >= 15 is 0 Å². The smallest absolute Gasteiger partial charge is 0.237 e. The van der Waals surface area contributed by atoms with E-state index in [4.69, 9.17) is 10.5 Å². The maximum absolute atomic E-state index is 8.57. The van der Waals surface area contributed by atoms with E-state index in [1.165, 1.54) is 0 Å². The summed E-state index contributed by atoms with van der Waals surface area (Å²) in [5, 5.41) is 20.9. The molecule has 0 aliphatic carbocycles. The van der Waals surface area contributed by atoms with Gasteiger partial charge in [0.1, 0.15) is 12.1 Å². The van der Waals surface area contributed by atoms with Gasteiger partial charge in [0.05, 0.1) is 5.69 Å². The normalized spacial score (nSPS) is 8.88. The second-order valence-electron chi connectivity index (χ2n) is 3.14. The van der Waals surface area contributed by atoms with Gasteiger partial charge in [-0.2, -0.15) is 15.6 Å². The number of anilines is 1. The van der Waals surface area contributed by atoms with Crippen LogP contribution in [-0.4, -0.2) is 11.5 Å². The van der Waals surface area contributed by atoms with Crippen molar-refractivity contribution in [2.75, 3.05) is 11.2 Å². The molecule has 1 aromatic carbocycles. The van der Waals surface area contributed by atoms with Crippen LogP contribution in [0.5, 0.6) is 0 Å². The lowest BCUT2D eigenvalue weighted by molar-refractivity contribution is 1.10. The van der Waals surface area contributed by atoms with Crippen LogP contribution in [0.25, 0.3) is 0 Å². The third-order valence-electron chi connectivity index (χ3n) is 1.85. The van der Waals surface area contributed by atoms with Gasteiger partial charge >= 0.3 is 0 Å². The van der Waals surface area contributed by atoms with Gasteiger partial charge in [-0.15, -0.1) is 11.8 Å². The number of nitriles is 2. The molecule has 0 spiro atoms. The van der Waals surface area contributed by atoms with Crippen LogP contribution in [0.1, 0.15) is 13.3 Å². The summed E-state index contributed by atoms with van der Waals surface area (Å²) in [6.07, 6.45) is 1.09. The van der Waals surface area contributed by atoms with Gasteiger partial charge in [0.2, 0.25) is 5.71 Å². The second-order valence-corrected chi connectivity index (χ2v) is 4.28. The molecule has 0 saturated heterocycles. The van der Waals surface area contributed by atoms with Crippen molar-refractivity contribution in [3.8, 4) is 12.1 Å². The fraction of sp³-hybridized carbons (Fsp3) is 0.250. The molecule has 0 aliphatic rings. The Hall–Kier alpha value is -1.98. The van der Waals surface area contributed by atoms with E-state index in [9.17, 15) is 0 Å². The molecule has 5 heteroatoms. The number of hydrazone groups is 1. The molecule has 17 heavy (non-hydrogen) atoms. The lowest BCUT2D eigenvalue weighted by Crippen LogP contribution is -1.97. The number of thioether (sulfide) groups is 1. The minimum absolute atomic E-state index is 0.180. The summed E-state index contributed by atoms with van der Waals surface area (Å²) in [7, 11) is 0.